The van der Waals surface area contributed by atoms with Crippen molar-refractivity contribution < 1.29 is 8.42 Å². The number of rotatable bonds is 5. The minimum atomic E-state index is -2.89. The minimum absolute atomic E-state index is 0.0148. The first-order chi connectivity index (χ1) is 13.0. The Morgan fingerprint density at radius 2 is 1.85 bits per heavy atom. The molecule has 4 rings (SSSR count). The molecule has 0 spiro atoms. The first-order valence-electron chi connectivity index (χ1n) is 9.15. The number of sulfone groups is 1. The molecule has 2 aromatic carbocycles. The molecule has 1 aliphatic heterocycles. The molecule has 3 aromatic rings. The van der Waals surface area contributed by atoms with E-state index >= 15 is 0 Å². The van der Waals surface area contributed by atoms with Gasteiger partial charge in [-0.25, -0.2) is 13.1 Å². The largest absolute Gasteiger partial charge is 0.309 e. The smallest absolute Gasteiger partial charge is 0.151 e. The second-order valence-electron chi connectivity index (χ2n) is 7.13. The molecule has 27 heavy (non-hydrogen) atoms. The van der Waals surface area contributed by atoms with Crippen molar-refractivity contribution in [1.82, 2.24) is 15.1 Å². The lowest BCUT2D eigenvalue weighted by Gasteiger charge is -2.10. The minimum Gasteiger partial charge on any atom is -0.309 e. The van der Waals surface area contributed by atoms with Gasteiger partial charge in [0.25, 0.3) is 0 Å². The summed E-state index contributed by atoms with van der Waals surface area (Å²) in [6.07, 6.45) is 2.70. The highest BCUT2D eigenvalue weighted by Gasteiger charge is 2.27. The highest BCUT2D eigenvalue weighted by molar-refractivity contribution is 7.91. The van der Waals surface area contributed by atoms with Gasteiger partial charge in [-0.3, -0.25) is 0 Å². The topological polar surface area (TPSA) is 64.0 Å². The molecule has 1 saturated heterocycles. The second kappa shape index (κ2) is 7.29. The Morgan fingerprint density at radius 3 is 2.52 bits per heavy atom. The van der Waals surface area contributed by atoms with E-state index in [-0.39, 0.29) is 17.5 Å². The van der Waals surface area contributed by atoms with Gasteiger partial charge in [-0.15, -0.1) is 0 Å². The Kier molecular flexibility index (Phi) is 4.85. The van der Waals surface area contributed by atoms with E-state index in [1.165, 1.54) is 5.56 Å². The van der Waals surface area contributed by atoms with Crippen LogP contribution in [0.4, 0.5) is 0 Å². The van der Waals surface area contributed by atoms with Gasteiger partial charge >= 0.3 is 0 Å². The van der Waals surface area contributed by atoms with Gasteiger partial charge in [-0.05, 0) is 25.5 Å². The predicted molar refractivity (Wildman–Crippen MR) is 108 cm³/mol. The van der Waals surface area contributed by atoms with E-state index in [4.69, 9.17) is 5.10 Å². The fourth-order valence-electron chi connectivity index (χ4n) is 3.42. The molecule has 0 radical (unpaired) electrons. The van der Waals surface area contributed by atoms with Crippen LogP contribution in [0.1, 0.15) is 17.5 Å². The molecule has 1 fully saturated rings. The van der Waals surface area contributed by atoms with Gasteiger partial charge in [-0.1, -0.05) is 48.0 Å². The van der Waals surface area contributed by atoms with Crippen molar-refractivity contribution in [2.24, 2.45) is 0 Å². The van der Waals surface area contributed by atoms with Crippen LogP contribution in [0, 0.1) is 6.92 Å². The third kappa shape index (κ3) is 4.12. The van der Waals surface area contributed by atoms with E-state index in [1.807, 2.05) is 41.2 Å². The van der Waals surface area contributed by atoms with E-state index in [9.17, 15) is 8.42 Å². The average molecular weight is 382 g/mol. The van der Waals surface area contributed by atoms with Crippen LogP contribution in [-0.2, 0) is 16.4 Å². The summed E-state index contributed by atoms with van der Waals surface area (Å²) in [6.45, 7) is 2.66. The molecule has 1 aliphatic rings. The van der Waals surface area contributed by atoms with Gasteiger partial charge in [0.2, 0.25) is 0 Å². The molecule has 1 atom stereocenters. The van der Waals surface area contributed by atoms with Crippen LogP contribution < -0.4 is 5.32 Å². The molecular formula is C21H23N3O2S. The Hall–Kier alpha value is -2.44. The molecule has 0 saturated carbocycles. The number of para-hydroxylation sites is 1. The summed E-state index contributed by atoms with van der Waals surface area (Å²) < 4.78 is 25.3. The van der Waals surface area contributed by atoms with Crippen LogP contribution >= 0.6 is 0 Å². The Bertz CT molecular complexity index is 1030. The zero-order chi connectivity index (χ0) is 18.9. The number of nitrogens with one attached hydrogen (secondary N) is 1. The van der Waals surface area contributed by atoms with Gasteiger partial charge in [0.1, 0.15) is 0 Å². The number of aromatic nitrogens is 2. The first-order valence-corrected chi connectivity index (χ1v) is 11.0. The zero-order valence-corrected chi connectivity index (χ0v) is 16.1. The third-order valence-corrected chi connectivity index (χ3v) is 6.72. The second-order valence-corrected chi connectivity index (χ2v) is 9.36. The maximum atomic E-state index is 11.7. The van der Waals surface area contributed by atoms with Crippen molar-refractivity contribution >= 4 is 9.84 Å². The van der Waals surface area contributed by atoms with Gasteiger partial charge in [0.15, 0.2) is 9.84 Å². The SMILES string of the molecule is Cc1ccc(-c2nn(-c3ccccc3)cc2CNC2CCS(=O)(=O)C2)cc1. The van der Waals surface area contributed by atoms with E-state index in [0.717, 1.165) is 22.5 Å². The van der Waals surface area contributed by atoms with Crippen molar-refractivity contribution in [3.63, 3.8) is 0 Å². The van der Waals surface area contributed by atoms with Gasteiger partial charge in [0.05, 0.1) is 22.9 Å². The molecular weight excluding hydrogens is 358 g/mol. The van der Waals surface area contributed by atoms with Crippen molar-refractivity contribution in [2.45, 2.75) is 25.9 Å². The normalized spacial score (nSPS) is 18.6. The fourth-order valence-corrected chi connectivity index (χ4v) is 5.12. The molecule has 5 nitrogen and oxygen atoms in total. The van der Waals surface area contributed by atoms with Crippen LogP contribution in [-0.4, -0.2) is 35.7 Å². The summed E-state index contributed by atoms with van der Waals surface area (Å²) in [5, 5.41) is 8.22. The molecule has 0 bridgehead atoms. The lowest BCUT2D eigenvalue weighted by Crippen LogP contribution is -2.29. The van der Waals surface area contributed by atoms with Crippen LogP contribution in [0.3, 0.4) is 0 Å². The molecule has 0 amide bonds. The Morgan fingerprint density at radius 1 is 1.11 bits per heavy atom. The summed E-state index contributed by atoms with van der Waals surface area (Å²) in [6, 6.07) is 18.3. The van der Waals surface area contributed by atoms with Gasteiger partial charge < -0.3 is 5.32 Å². The average Bonchev–Trinajstić information content (AvgIpc) is 3.24. The van der Waals surface area contributed by atoms with E-state index in [0.29, 0.717) is 13.0 Å². The van der Waals surface area contributed by atoms with Gasteiger partial charge in [0, 0.05) is 29.9 Å². The molecule has 0 aliphatic carbocycles. The third-order valence-electron chi connectivity index (χ3n) is 4.95. The molecule has 2 heterocycles. The lowest BCUT2D eigenvalue weighted by molar-refractivity contribution is 0.554. The molecule has 1 aromatic heterocycles. The predicted octanol–water partition coefficient (Wildman–Crippen LogP) is 3.12. The monoisotopic (exact) mass is 381 g/mol. The quantitative estimate of drug-likeness (QED) is 0.738. The van der Waals surface area contributed by atoms with Crippen molar-refractivity contribution in [2.75, 3.05) is 11.5 Å². The highest BCUT2D eigenvalue weighted by atomic mass is 32.2. The number of benzene rings is 2. The van der Waals surface area contributed by atoms with Crippen molar-refractivity contribution in [1.29, 1.82) is 0 Å². The van der Waals surface area contributed by atoms with Crippen LogP contribution in [0.2, 0.25) is 0 Å². The molecule has 140 valence electrons. The van der Waals surface area contributed by atoms with E-state index in [1.54, 1.807) is 0 Å². The maximum Gasteiger partial charge on any atom is 0.151 e. The maximum absolute atomic E-state index is 11.7. The Labute approximate surface area is 160 Å². The first kappa shape index (κ1) is 17.9. The van der Waals surface area contributed by atoms with Crippen LogP contribution in [0.25, 0.3) is 16.9 Å². The summed E-state index contributed by atoms with van der Waals surface area (Å²) >= 11 is 0. The lowest BCUT2D eigenvalue weighted by atomic mass is 10.1. The number of hydrogen-bond acceptors (Lipinski definition) is 4. The summed E-state index contributed by atoms with van der Waals surface area (Å²) in [5.41, 5.74) is 5.25. The number of aryl methyl sites for hydroxylation is 1. The number of nitrogens with zero attached hydrogens (tertiary/aromatic N) is 2. The molecule has 1 unspecified atom stereocenters. The van der Waals surface area contributed by atoms with Crippen LogP contribution in [0.5, 0.6) is 0 Å². The summed E-state index contributed by atoms with van der Waals surface area (Å²) in [5.74, 6) is 0.498. The zero-order valence-electron chi connectivity index (χ0n) is 15.3. The van der Waals surface area contributed by atoms with E-state index < -0.39 is 9.84 Å². The van der Waals surface area contributed by atoms with Crippen molar-refractivity contribution in [3.8, 4) is 16.9 Å². The molecule has 1 N–H and O–H groups in total. The molecule has 6 heteroatoms. The fraction of sp³-hybridized carbons (Fsp3) is 0.286. The standard InChI is InChI=1S/C21H23N3O2S/c1-16-7-9-17(10-8-16)21-18(13-22-19-11-12-27(25,26)15-19)14-24(23-21)20-5-3-2-4-6-20/h2-10,14,19,22H,11-13,15H2,1H3. The van der Waals surface area contributed by atoms with Gasteiger partial charge in [-0.2, -0.15) is 5.10 Å². The number of hydrogen-bond donors (Lipinski definition) is 1. The summed E-state index contributed by atoms with van der Waals surface area (Å²) in [4.78, 5) is 0. The summed E-state index contributed by atoms with van der Waals surface area (Å²) in [7, 11) is -2.89. The van der Waals surface area contributed by atoms with Crippen LogP contribution in [0.15, 0.2) is 60.8 Å². The highest BCUT2D eigenvalue weighted by Crippen LogP contribution is 2.25. The Balaban J connectivity index is 1.64. The van der Waals surface area contributed by atoms with Crippen molar-refractivity contribution in [3.05, 3.63) is 71.9 Å². The van der Waals surface area contributed by atoms with E-state index in [2.05, 4.69) is 36.5 Å².